The molecule has 1 amide bonds. The van der Waals surface area contributed by atoms with Crippen LogP contribution in [0.5, 0.6) is 0 Å². The summed E-state index contributed by atoms with van der Waals surface area (Å²) in [5, 5.41) is 20.8. The Bertz CT molecular complexity index is 1010. The number of carboxylic acids is 1. The number of rotatable bonds is 10. The first-order chi connectivity index (χ1) is 16.1. The number of pyridine rings is 1. The van der Waals surface area contributed by atoms with E-state index in [4.69, 9.17) is 0 Å². The van der Waals surface area contributed by atoms with Crippen molar-refractivity contribution in [1.29, 1.82) is 0 Å². The predicted molar refractivity (Wildman–Crippen MR) is 119 cm³/mol. The number of hydrogen-bond acceptors (Lipinski definition) is 5. The smallest absolute Gasteiger partial charge is 0.309 e. The van der Waals surface area contributed by atoms with E-state index >= 15 is 0 Å². The van der Waals surface area contributed by atoms with E-state index in [0.29, 0.717) is 57.3 Å². The van der Waals surface area contributed by atoms with Crippen molar-refractivity contribution < 1.29 is 23.5 Å². The molecule has 3 aliphatic carbocycles. The van der Waals surface area contributed by atoms with Crippen LogP contribution in [0.4, 0.5) is 8.78 Å². The molecular formula is C24H31F2N5O3. The fourth-order valence-electron chi connectivity index (χ4n) is 5.14. The summed E-state index contributed by atoms with van der Waals surface area (Å²) >= 11 is 0. The first-order valence-corrected chi connectivity index (χ1v) is 11.9. The third-order valence-corrected chi connectivity index (χ3v) is 7.57. The van der Waals surface area contributed by atoms with Gasteiger partial charge in [0.1, 0.15) is 0 Å². The number of amides is 1. The minimum atomic E-state index is -2.91. The van der Waals surface area contributed by atoms with E-state index in [2.05, 4.69) is 20.6 Å². The number of aliphatic carboxylic acids is 1. The Morgan fingerprint density at radius 3 is 2.35 bits per heavy atom. The van der Waals surface area contributed by atoms with Crippen LogP contribution in [0.2, 0.25) is 0 Å². The molecule has 5 rings (SSSR count). The molecule has 34 heavy (non-hydrogen) atoms. The van der Waals surface area contributed by atoms with Gasteiger partial charge in [-0.3, -0.25) is 14.6 Å². The summed E-state index contributed by atoms with van der Waals surface area (Å²) in [5.74, 6) is -3.56. The van der Waals surface area contributed by atoms with Gasteiger partial charge in [0.15, 0.2) is 0 Å². The minimum absolute atomic E-state index is 0.0662. The molecule has 3 aliphatic rings. The number of carbonyl (C=O) groups excluding carboxylic acids is 1. The Labute approximate surface area is 197 Å². The van der Waals surface area contributed by atoms with Crippen LogP contribution in [-0.4, -0.2) is 43.5 Å². The maximum Gasteiger partial charge on any atom is 0.309 e. The second-order valence-electron chi connectivity index (χ2n) is 9.91. The van der Waals surface area contributed by atoms with E-state index in [1.165, 1.54) is 12.3 Å². The van der Waals surface area contributed by atoms with Gasteiger partial charge in [-0.2, -0.15) is 0 Å². The molecule has 0 spiro atoms. The minimum Gasteiger partial charge on any atom is -0.481 e. The van der Waals surface area contributed by atoms with Crippen molar-refractivity contribution in [2.45, 2.75) is 77.2 Å². The quantitative estimate of drug-likeness (QED) is 0.507. The lowest BCUT2D eigenvalue weighted by Gasteiger charge is -2.50. The summed E-state index contributed by atoms with van der Waals surface area (Å²) in [5.41, 5.74) is 0.328. The number of alkyl halides is 2. The summed E-state index contributed by atoms with van der Waals surface area (Å²) in [6.07, 6.45) is 9.13. The van der Waals surface area contributed by atoms with E-state index in [9.17, 15) is 23.5 Å². The predicted octanol–water partition coefficient (Wildman–Crippen LogP) is 3.70. The lowest BCUT2D eigenvalue weighted by Crippen LogP contribution is -2.52. The van der Waals surface area contributed by atoms with Crippen molar-refractivity contribution in [1.82, 2.24) is 25.3 Å². The third-order valence-electron chi connectivity index (χ3n) is 7.57. The molecule has 0 aromatic carbocycles. The standard InChI is InChI=1S/C24H31F2N5O3/c1-22(25,26)17-5-6-18(28-14-17)15-31-16-19(29-30-31)4-2-3-13-27-20(32)23-7-10-24(11-8-23,12-9-23)21(33)34/h5-6,14,16H,2-4,7-13,15H2,1H3,(H,27,32)(H,33,34). The lowest BCUT2D eigenvalue weighted by molar-refractivity contribution is -0.163. The van der Waals surface area contributed by atoms with Gasteiger partial charge in [-0.05, 0) is 69.9 Å². The Hall–Kier alpha value is -2.91. The Kier molecular flexibility index (Phi) is 6.69. The summed E-state index contributed by atoms with van der Waals surface area (Å²) in [7, 11) is 0. The van der Waals surface area contributed by atoms with Crippen LogP contribution in [0.3, 0.4) is 0 Å². The molecular weight excluding hydrogens is 444 g/mol. The summed E-state index contributed by atoms with van der Waals surface area (Å²) in [4.78, 5) is 28.5. The number of fused-ring (bicyclic) bond motifs is 3. The molecule has 0 unspecified atom stereocenters. The number of aromatic nitrogens is 4. The summed E-state index contributed by atoms with van der Waals surface area (Å²) in [6, 6.07) is 2.94. The SMILES string of the molecule is CC(F)(F)c1ccc(Cn2cc(CCCCNC(=O)C34CCC(C(=O)O)(CC3)CC4)nn2)nc1. The van der Waals surface area contributed by atoms with Crippen molar-refractivity contribution in [2.75, 3.05) is 6.54 Å². The second kappa shape index (κ2) is 9.38. The number of nitrogens with one attached hydrogen (secondary N) is 1. The van der Waals surface area contributed by atoms with E-state index in [0.717, 1.165) is 31.9 Å². The van der Waals surface area contributed by atoms with Crippen LogP contribution in [0.1, 0.15) is 75.2 Å². The molecule has 10 heteroatoms. The number of carboxylic acid groups (broad SMARTS) is 1. The maximum absolute atomic E-state index is 13.3. The van der Waals surface area contributed by atoms with Crippen LogP contribution in [0, 0.1) is 10.8 Å². The zero-order valence-corrected chi connectivity index (χ0v) is 19.4. The van der Waals surface area contributed by atoms with Crippen LogP contribution < -0.4 is 5.32 Å². The Balaban J connectivity index is 1.17. The van der Waals surface area contributed by atoms with Crippen LogP contribution in [0.25, 0.3) is 0 Å². The third kappa shape index (κ3) is 5.10. The molecule has 2 heterocycles. The van der Waals surface area contributed by atoms with E-state index in [1.54, 1.807) is 10.7 Å². The van der Waals surface area contributed by atoms with Crippen molar-refractivity contribution in [3.63, 3.8) is 0 Å². The molecule has 0 atom stereocenters. The first kappa shape index (κ1) is 24.2. The molecule has 0 aliphatic heterocycles. The number of hydrogen-bond donors (Lipinski definition) is 2. The van der Waals surface area contributed by atoms with Gasteiger partial charge in [-0.1, -0.05) is 5.21 Å². The number of aryl methyl sites for hydroxylation is 1. The average Bonchev–Trinajstić information content (AvgIpc) is 3.26. The molecule has 0 radical (unpaired) electrons. The molecule has 8 nitrogen and oxygen atoms in total. The summed E-state index contributed by atoms with van der Waals surface area (Å²) < 4.78 is 28.2. The van der Waals surface area contributed by atoms with E-state index < -0.39 is 17.3 Å². The van der Waals surface area contributed by atoms with Gasteiger partial charge in [-0.25, -0.2) is 13.5 Å². The van der Waals surface area contributed by atoms with Gasteiger partial charge >= 0.3 is 5.97 Å². The monoisotopic (exact) mass is 475 g/mol. The molecule has 3 saturated carbocycles. The highest BCUT2D eigenvalue weighted by Gasteiger charge is 2.55. The lowest BCUT2D eigenvalue weighted by atomic mass is 9.53. The molecule has 3 fully saturated rings. The molecule has 2 N–H and O–H groups in total. The van der Waals surface area contributed by atoms with Crippen molar-refractivity contribution >= 4 is 11.9 Å². The largest absolute Gasteiger partial charge is 0.481 e. The number of nitrogens with zero attached hydrogens (tertiary/aromatic N) is 4. The van der Waals surface area contributed by atoms with Gasteiger partial charge in [0, 0.05) is 36.8 Å². The number of unbranched alkanes of at least 4 members (excludes halogenated alkanes) is 1. The highest BCUT2D eigenvalue weighted by Crippen LogP contribution is 2.57. The topological polar surface area (TPSA) is 110 Å². The summed E-state index contributed by atoms with van der Waals surface area (Å²) in [6.45, 7) is 1.77. The van der Waals surface area contributed by atoms with E-state index in [-0.39, 0.29) is 16.9 Å². The molecule has 0 saturated heterocycles. The maximum atomic E-state index is 13.3. The van der Waals surface area contributed by atoms with Gasteiger partial charge in [0.25, 0.3) is 5.92 Å². The Morgan fingerprint density at radius 1 is 1.09 bits per heavy atom. The molecule has 2 aromatic rings. The zero-order valence-electron chi connectivity index (χ0n) is 19.4. The fourth-order valence-corrected chi connectivity index (χ4v) is 5.14. The Morgan fingerprint density at radius 2 is 1.76 bits per heavy atom. The van der Waals surface area contributed by atoms with Crippen molar-refractivity contribution in [3.05, 3.63) is 41.5 Å². The number of halogens is 2. The van der Waals surface area contributed by atoms with Crippen LogP contribution in [-0.2, 0) is 28.5 Å². The fraction of sp³-hybridized carbons (Fsp3) is 0.625. The van der Waals surface area contributed by atoms with E-state index in [1.807, 2.05) is 6.20 Å². The van der Waals surface area contributed by atoms with Gasteiger partial charge in [-0.15, -0.1) is 5.10 Å². The first-order valence-electron chi connectivity index (χ1n) is 11.9. The average molecular weight is 476 g/mol. The van der Waals surface area contributed by atoms with Crippen LogP contribution >= 0.6 is 0 Å². The normalized spacial score (nSPS) is 24.2. The zero-order chi connectivity index (χ0) is 24.4. The van der Waals surface area contributed by atoms with Gasteiger partial charge in [0.2, 0.25) is 5.91 Å². The number of carbonyl (C=O) groups is 2. The molecule has 184 valence electrons. The highest BCUT2D eigenvalue weighted by molar-refractivity contribution is 5.84. The molecule has 2 aromatic heterocycles. The molecule has 2 bridgehead atoms. The van der Waals surface area contributed by atoms with Crippen molar-refractivity contribution in [2.24, 2.45) is 10.8 Å². The van der Waals surface area contributed by atoms with Crippen LogP contribution in [0.15, 0.2) is 24.5 Å². The second-order valence-corrected chi connectivity index (χ2v) is 9.91. The van der Waals surface area contributed by atoms with Gasteiger partial charge in [0.05, 0.1) is 23.3 Å². The van der Waals surface area contributed by atoms with Crippen molar-refractivity contribution in [3.8, 4) is 0 Å². The van der Waals surface area contributed by atoms with Gasteiger partial charge < -0.3 is 10.4 Å². The highest BCUT2D eigenvalue weighted by atomic mass is 19.3.